The van der Waals surface area contributed by atoms with Crippen molar-refractivity contribution in [1.29, 1.82) is 0 Å². The summed E-state index contributed by atoms with van der Waals surface area (Å²) in [6, 6.07) is 8.26. The number of aromatic nitrogens is 2. The fourth-order valence-corrected chi connectivity index (χ4v) is 8.02. The quantitative estimate of drug-likeness (QED) is 0.145. The van der Waals surface area contributed by atoms with Crippen LogP contribution in [0.3, 0.4) is 0 Å². The van der Waals surface area contributed by atoms with Crippen LogP contribution in [0.2, 0.25) is 0 Å². The van der Waals surface area contributed by atoms with Crippen molar-refractivity contribution in [3.63, 3.8) is 0 Å². The van der Waals surface area contributed by atoms with Gasteiger partial charge in [-0.1, -0.05) is 40.3 Å². The van der Waals surface area contributed by atoms with Crippen LogP contribution in [0.4, 0.5) is 0 Å². The molecule has 2 aromatic heterocycles. The van der Waals surface area contributed by atoms with Crippen LogP contribution < -0.4 is 10.1 Å². The van der Waals surface area contributed by atoms with Gasteiger partial charge in [0.05, 0.1) is 13.5 Å². The van der Waals surface area contributed by atoms with Crippen LogP contribution in [0.1, 0.15) is 22.4 Å². The molecule has 1 fully saturated rings. The van der Waals surface area contributed by atoms with Crippen LogP contribution in [-0.2, 0) is 36.9 Å². The van der Waals surface area contributed by atoms with Gasteiger partial charge >= 0.3 is 5.97 Å². The highest BCUT2D eigenvalue weighted by Gasteiger charge is 2.55. The summed E-state index contributed by atoms with van der Waals surface area (Å²) < 4.78 is 11.2. The van der Waals surface area contributed by atoms with Gasteiger partial charge in [-0.2, -0.15) is 0 Å². The second-order valence-electron chi connectivity index (χ2n) is 8.17. The number of hydrogen-bond acceptors (Lipinski definition) is 12. The van der Waals surface area contributed by atoms with E-state index in [0.29, 0.717) is 15.7 Å². The standard InChI is InChI=1S/C24H24N4O6S4/c1-13(29)20(23(32)34-12-15-6-8-16(33-3)9-7-15)28-21(31)19(25-18(30)11-17-5-4-10-35-17)22(28)37-38-24-27-26-14(2)36-24/h4-10,19-20,22H,11-12H2,1-3H3,(H,25,30). The number of esters is 1. The zero-order valence-electron chi connectivity index (χ0n) is 20.6. The molecule has 0 spiro atoms. The van der Waals surface area contributed by atoms with Gasteiger partial charge in [0, 0.05) is 4.88 Å². The summed E-state index contributed by atoms with van der Waals surface area (Å²) in [4.78, 5) is 53.5. The third-order valence-electron chi connectivity index (χ3n) is 5.46. The number of ketones is 1. The lowest BCUT2D eigenvalue weighted by atomic mass is 10.0. The van der Waals surface area contributed by atoms with E-state index in [2.05, 4.69) is 15.5 Å². The molecule has 3 heterocycles. The minimum absolute atomic E-state index is 0.0771. The number of carbonyl (C=O) groups excluding carboxylic acids is 4. The largest absolute Gasteiger partial charge is 0.497 e. The van der Waals surface area contributed by atoms with Gasteiger partial charge in [-0.3, -0.25) is 14.4 Å². The number of carbonyl (C=O) groups is 4. The second kappa shape index (κ2) is 12.7. The van der Waals surface area contributed by atoms with Crippen LogP contribution in [0.15, 0.2) is 46.1 Å². The molecule has 10 nitrogen and oxygen atoms in total. The zero-order valence-corrected chi connectivity index (χ0v) is 23.9. The van der Waals surface area contributed by atoms with Crippen molar-refractivity contribution in [3.05, 3.63) is 57.2 Å². The Morgan fingerprint density at radius 3 is 2.55 bits per heavy atom. The number of benzene rings is 1. The smallest absolute Gasteiger partial charge is 0.337 e. The number of nitrogens with zero attached hydrogens (tertiary/aromatic N) is 3. The van der Waals surface area contributed by atoms with E-state index < -0.39 is 35.1 Å². The van der Waals surface area contributed by atoms with Gasteiger partial charge in [0.15, 0.2) is 16.2 Å². The lowest BCUT2D eigenvalue weighted by molar-refractivity contribution is -0.168. The van der Waals surface area contributed by atoms with Gasteiger partial charge in [-0.25, -0.2) is 4.79 Å². The first kappa shape index (κ1) is 28.1. The molecule has 0 aliphatic carbocycles. The molecule has 0 radical (unpaired) electrons. The highest BCUT2D eigenvalue weighted by atomic mass is 33.1. The Labute approximate surface area is 234 Å². The maximum absolute atomic E-state index is 13.2. The molecule has 3 aromatic rings. The summed E-state index contributed by atoms with van der Waals surface area (Å²) in [6.45, 7) is 2.98. The summed E-state index contributed by atoms with van der Waals surface area (Å²) >= 11 is 2.82. The minimum atomic E-state index is -1.44. The second-order valence-corrected chi connectivity index (χ2v) is 13.0. The van der Waals surface area contributed by atoms with Crippen molar-refractivity contribution in [1.82, 2.24) is 20.4 Å². The number of hydrogen-bond donors (Lipinski definition) is 1. The fraction of sp³-hybridized carbons (Fsp3) is 0.333. The fourth-order valence-electron chi connectivity index (χ4n) is 3.62. The van der Waals surface area contributed by atoms with Crippen molar-refractivity contribution in [3.8, 4) is 5.75 Å². The van der Waals surface area contributed by atoms with Crippen molar-refractivity contribution in [2.75, 3.05) is 7.11 Å². The Hall–Kier alpha value is -2.94. The van der Waals surface area contributed by atoms with Gasteiger partial charge < -0.3 is 19.7 Å². The molecule has 2 amide bonds. The molecule has 1 N–H and O–H groups in total. The van der Waals surface area contributed by atoms with Crippen LogP contribution in [0.5, 0.6) is 5.75 Å². The molecule has 3 unspecified atom stereocenters. The maximum Gasteiger partial charge on any atom is 0.337 e. The first-order valence-electron chi connectivity index (χ1n) is 11.3. The van der Waals surface area contributed by atoms with E-state index in [0.717, 1.165) is 9.88 Å². The molecule has 14 heteroatoms. The summed E-state index contributed by atoms with van der Waals surface area (Å²) in [6.07, 6.45) is 0.127. The van der Waals surface area contributed by atoms with E-state index >= 15 is 0 Å². The minimum Gasteiger partial charge on any atom is -0.497 e. The zero-order chi connectivity index (χ0) is 27.2. The van der Waals surface area contributed by atoms with Crippen LogP contribution >= 0.6 is 44.3 Å². The van der Waals surface area contributed by atoms with Gasteiger partial charge in [0.2, 0.25) is 11.8 Å². The molecule has 1 aliphatic rings. The number of likely N-dealkylation sites (tertiary alicyclic amines) is 1. The van der Waals surface area contributed by atoms with Gasteiger partial charge in [0.25, 0.3) is 0 Å². The molecule has 4 rings (SSSR count). The highest BCUT2D eigenvalue weighted by molar-refractivity contribution is 8.77. The molecule has 1 aromatic carbocycles. The van der Waals surface area contributed by atoms with Crippen molar-refractivity contribution < 1.29 is 28.7 Å². The number of β-lactam (4-membered cyclic amide) rings is 1. The maximum atomic E-state index is 13.2. The normalized spacial score (nSPS) is 17.4. The third kappa shape index (κ3) is 6.73. The number of thiophene rings is 1. The summed E-state index contributed by atoms with van der Waals surface area (Å²) in [5.41, 5.74) is 0.697. The highest BCUT2D eigenvalue weighted by Crippen LogP contribution is 2.43. The lowest BCUT2D eigenvalue weighted by Crippen LogP contribution is -2.73. The molecule has 3 atom stereocenters. The number of nitrogens with one attached hydrogen (secondary N) is 1. The first-order chi connectivity index (χ1) is 18.3. The van der Waals surface area contributed by atoms with Gasteiger partial charge in [0.1, 0.15) is 28.8 Å². The number of Topliss-reactive ketones (excluding diaryl/α,β-unsaturated/α-hetero) is 1. The number of ether oxygens (including phenoxy) is 2. The van der Waals surface area contributed by atoms with E-state index in [4.69, 9.17) is 9.47 Å². The van der Waals surface area contributed by atoms with Gasteiger partial charge in [-0.05, 0) is 53.8 Å². The van der Waals surface area contributed by atoms with E-state index in [1.165, 1.54) is 56.1 Å². The summed E-state index contributed by atoms with van der Waals surface area (Å²) in [5.74, 6) is -1.58. The Morgan fingerprint density at radius 1 is 1.18 bits per heavy atom. The predicted molar refractivity (Wildman–Crippen MR) is 146 cm³/mol. The topological polar surface area (TPSA) is 128 Å². The number of aryl methyl sites for hydroxylation is 1. The van der Waals surface area contributed by atoms with Crippen LogP contribution in [0, 0.1) is 6.92 Å². The molecule has 0 saturated carbocycles. The van der Waals surface area contributed by atoms with E-state index in [1.807, 2.05) is 24.4 Å². The number of amides is 2. The molecule has 200 valence electrons. The number of rotatable bonds is 12. The van der Waals surface area contributed by atoms with Crippen molar-refractivity contribution in [2.45, 2.75) is 48.7 Å². The summed E-state index contributed by atoms with van der Waals surface area (Å²) in [5, 5.41) is 12.8. The average molecular weight is 593 g/mol. The Kier molecular flexibility index (Phi) is 9.41. The van der Waals surface area contributed by atoms with Crippen LogP contribution in [0.25, 0.3) is 0 Å². The Bertz CT molecular complexity index is 1300. The first-order valence-corrected chi connectivity index (χ1v) is 15.2. The lowest BCUT2D eigenvalue weighted by Gasteiger charge is -2.48. The average Bonchev–Trinajstić information content (AvgIpc) is 3.57. The van der Waals surface area contributed by atoms with E-state index in [-0.39, 0.29) is 18.9 Å². The van der Waals surface area contributed by atoms with Crippen molar-refractivity contribution >= 4 is 67.8 Å². The molecule has 38 heavy (non-hydrogen) atoms. The Balaban J connectivity index is 1.47. The molecule has 1 aliphatic heterocycles. The Morgan fingerprint density at radius 2 is 1.95 bits per heavy atom. The van der Waals surface area contributed by atoms with E-state index in [9.17, 15) is 19.2 Å². The molecular weight excluding hydrogens is 569 g/mol. The predicted octanol–water partition coefficient (Wildman–Crippen LogP) is 3.25. The molecular formula is C24H24N4O6S4. The van der Waals surface area contributed by atoms with Gasteiger partial charge in [-0.15, -0.1) is 21.5 Å². The SMILES string of the molecule is COc1ccc(COC(=O)C(C(C)=O)N2C(=O)C(NC(=O)Cc3cccs3)C2SSc2nnc(C)s2)cc1. The number of methoxy groups -OCH3 is 1. The summed E-state index contributed by atoms with van der Waals surface area (Å²) in [7, 11) is 4.04. The monoisotopic (exact) mass is 592 g/mol. The van der Waals surface area contributed by atoms with E-state index in [1.54, 1.807) is 31.4 Å². The molecule has 0 bridgehead atoms. The van der Waals surface area contributed by atoms with Crippen LogP contribution in [-0.4, -0.2) is 63.2 Å². The van der Waals surface area contributed by atoms with Crippen molar-refractivity contribution in [2.24, 2.45) is 0 Å². The molecule has 1 saturated heterocycles. The third-order valence-corrected chi connectivity index (χ3v) is 10.2.